The lowest BCUT2D eigenvalue weighted by molar-refractivity contribution is 0.183. The van der Waals surface area contributed by atoms with Crippen molar-refractivity contribution in [1.82, 2.24) is 15.1 Å². The molecule has 1 aromatic rings. The molecule has 1 aliphatic rings. The molecule has 3 atom stereocenters. The molecule has 3 unspecified atom stereocenters. The van der Waals surface area contributed by atoms with Crippen LogP contribution in [0.1, 0.15) is 33.6 Å². The van der Waals surface area contributed by atoms with Crippen molar-refractivity contribution >= 4 is 5.69 Å². The van der Waals surface area contributed by atoms with E-state index < -0.39 is 0 Å². The number of nitrogens with zero attached hydrogens (tertiary/aromatic N) is 3. The largest absolute Gasteiger partial charge is 0.383 e. The standard InChI is InChI=1S/C16H30N4O/c1-5-13(3)16-12-20(14(6-2)9-17-16)15-10-18-19(11-15)7-8-21-4/h10-11,13-14,16-17H,5-9,12H2,1-4H3. The van der Waals surface area contributed by atoms with Crippen LogP contribution in [0.25, 0.3) is 0 Å². The Morgan fingerprint density at radius 1 is 1.48 bits per heavy atom. The Bertz CT molecular complexity index is 420. The average Bonchev–Trinajstić information content (AvgIpc) is 3.00. The monoisotopic (exact) mass is 294 g/mol. The number of hydrogen-bond acceptors (Lipinski definition) is 4. The Kier molecular flexibility index (Phi) is 6.06. The molecule has 1 aliphatic heterocycles. The van der Waals surface area contributed by atoms with Crippen molar-refractivity contribution < 1.29 is 4.74 Å². The van der Waals surface area contributed by atoms with Gasteiger partial charge < -0.3 is 15.0 Å². The van der Waals surface area contributed by atoms with Gasteiger partial charge in [0.15, 0.2) is 0 Å². The molecule has 2 rings (SSSR count). The molecule has 5 nitrogen and oxygen atoms in total. The van der Waals surface area contributed by atoms with Crippen LogP contribution in [0, 0.1) is 5.92 Å². The van der Waals surface area contributed by atoms with E-state index in [9.17, 15) is 0 Å². The predicted octanol–water partition coefficient (Wildman–Crippen LogP) is 2.13. The van der Waals surface area contributed by atoms with Crippen LogP contribution in [0.5, 0.6) is 0 Å². The van der Waals surface area contributed by atoms with E-state index in [1.807, 2.05) is 10.9 Å². The van der Waals surface area contributed by atoms with Crippen LogP contribution < -0.4 is 10.2 Å². The number of methoxy groups -OCH3 is 1. The fourth-order valence-electron chi connectivity index (χ4n) is 2.98. The molecule has 21 heavy (non-hydrogen) atoms. The van der Waals surface area contributed by atoms with E-state index in [4.69, 9.17) is 4.74 Å². The number of ether oxygens (including phenoxy) is 1. The summed E-state index contributed by atoms with van der Waals surface area (Å²) in [4.78, 5) is 2.53. The summed E-state index contributed by atoms with van der Waals surface area (Å²) in [6, 6.07) is 1.13. The molecular weight excluding hydrogens is 264 g/mol. The van der Waals surface area contributed by atoms with E-state index in [1.54, 1.807) is 7.11 Å². The second-order valence-corrected chi connectivity index (χ2v) is 6.07. The summed E-state index contributed by atoms with van der Waals surface area (Å²) >= 11 is 0. The summed E-state index contributed by atoms with van der Waals surface area (Å²) < 4.78 is 7.10. The highest BCUT2D eigenvalue weighted by molar-refractivity contribution is 5.44. The van der Waals surface area contributed by atoms with Crippen LogP contribution >= 0.6 is 0 Å². The summed E-state index contributed by atoms with van der Waals surface area (Å²) in [7, 11) is 1.73. The third kappa shape index (κ3) is 3.98. The van der Waals surface area contributed by atoms with Crippen molar-refractivity contribution in [2.45, 2.75) is 52.2 Å². The Labute approximate surface area is 128 Å². The van der Waals surface area contributed by atoms with Gasteiger partial charge in [-0.25, -0.2) is 0 Å². The number of anilines is 1. The number of rotatable bonds is 7. The predicted molar refractivity (Wildman–Crippen MR) is 86.8 cm³/mol. The first kappa shape index (κ1) is 16.3. The van der Waals surface area contributed by atoms with Gasteiger partial charge in [0.05, 0.1) is 25.0 Å². The maximum Gasteiger partial charge on any atom is 0.0756 e. The lowest BCUT2D eigenvalue weighted by Gasteiger charge is -2.42. The van der Waals surface area contributed by atoms with Gasteiger partial charge in [-0.1, -0.05) is 27.2 Å². The minimum absolute atomic E-state index is 0.561. The van der Waals surface area contributed by atoms with Crippen molar-refractivity contribution in [2.75, 3.05) is 31.7 Å². The van der Waals surface area contributed by atoms with E-state index in [0.717, 1.165) is 26.1 Å². The van der Waals surface area contributed by atoms with Gasteiger partial charge in [0, 0.05) is 38.5 Å². The Morgan fingerprint density at radius 3 is 2.95 bits per heavy atom. The second-order valence-electron chi connectivity index (χ2n) is 6.07. The maximum atomic E-state index is 5.12. The van der Waals surface area contributed by atoms with E-state index in [0.29, 0.717) is 24.6 Å². The minimum atomic E-state index is 0.561. The maximum absolute atomic E-state index is 5.12. The topological polar surface area (TPSA) is 42.3 Å². The fourth-order valence-corrected chi connectivity index (χ4v) is 2.98. The van der Waals surface area contributed by atoms with Crippen molar-refractivity contribution in [2.24, 2.45) is 5.92 Å². The molecule has 0 saturated carbocycles. The molecule has 1 saturated heterocycles. The zero-order chi connectivity index (χ0) is 15.2. The number of aromatic nitrogens is 2. The highest BCUT2D eigenvalue weighted by atomic mass is 16.5. The molecule has 120 valence electrons. The Balaban J connectivity index is 2.07. The van der Waals surface area contributed by atoms with Crippen molar-refractivity contribution in [3.8, 4) is 0 Å². The summed E-state index contributed by atoms with van der Waals surface area (Å²) in [5, 5.41) is 8.19. The van der Waals surface area contributed by atoms with Gasteiger partial charge in [0.2, 0.25) is 0 Å². The first-order valence-electron chi connectivity index (χ1n) is 8.21. The SMILES string of the molecule is CCC(C)C1CN(c2cnn(CCOC)c2)C(CC)CN1. The van der Waals surface area contributed by atoms with E-state index in [1.165, 1.54) is 12.1 Å². The van der Waals surface area contributed by atoms with Crippen LogP contribution in [0.3, 0.4) is 0 Å². The van der Waals surface area contributed by atoms with Gasteiger partial charge >= 0.3 is 0 Å². The molecular formula is C16H30N4O. The number of piperazine rings is 1. The lowest BCUT2D eigenvalue weighted by atomic mass is 9.94. The number of hydrogen-bond donors (Lipinski definition) is 1. The van der Waals surface area contributed by atoms with Crippen LogP contribution in [0.4, 0.5) is 5.69 Å². The molecule has 1 aromatic heterocycles. The highest BCUT2D eigenvalue weighted by Crippen LogP contribution is 2.23. The van der Waals surface area contributed by atoms with Crippen LogP contribution in [-0.2, 0) is 11.3 Å². The summed E-state index contributed by atoms with van der Waals surface area (Å²) in [6.07, 6.45) is 6.52. The lowest BCUT2D eigenvalue weighted by Crippen LogP contribution is -2.58. The molecule has 0 amide bonds. The quantitative estimate of drug-likeness (QED) is 0.836. The molecule has 0 aromatic carbocycles. The fraction of sp³-hybridized carbons (Fsp3) is 0.812. The Hall–Kier alpha value is -1.07. The molecule has 0 radical (unpaired) electrons. The van der Waals surface area contributed by atoms with Crippen LogP contribution in [0.15, 0.2) is 12.4 Å². The molecule has 0 bridgehead atoms. The molecule has 5 heteroatoms. The van der Waals surface area contributed by atoms with Crippen molar-refractivity contribution in [3.05, 3.63) is 12.4 Å². The smallest absolute Gasteiger partial charge is 0.0756 e. The zero-order valence-corrected chi connectivity index (χ0v) is 13.9. The van der Waals surface area contributed by atoms with Crippen molar-refractivity contribution in [1.29, 1.82) is 0 Å². The van der Waals surface area contributed by atoms with Gasteiger partial charge in [-0.05, 0) is 12.3 Å². The van der Waals surface area contributed by atoms with Gasteiger partial charge in [0.1, 0.15) is 0 Å². The van der Waals surface area contributed by atoms with Crippen LogP contribution in [0.2, 0.25) is 0 Å². The highest BCUT2D eigenvalue weighted by Gasteiger charge is 2.29. The number of nitrogens with one attached hydrogen (secondary N) is 1. The molecule has 0 spiro atoms. The summed E-state index contributed by atoms with van der Waals surface area (Å²) in [5.74, 6) is 0.703. The average molecular weight is 294 g/mol. The van der Waals surface area contributed by atoms with Gasteiger partial charge in [0.25, 0.3) is 0 Å². The molecule has 0 aliphatic carbocycles. The molecule has 1 N–H and O–H groups in total. The third-order valence-corrected chi connectivity index (χ3v) is 4.73. The van der Waals surface area contributed by atoms with Crippen LogP contribution in [-0.4, -0.2) is 48.7 Å². The Morgan fingerprint density at radius 2 is 2.29 bits per heavy atom. The van der Waals surface area contributed by atoms with Gasteiger partial charge in [-0.2, -0.15) is 5.10 Å². The zero-order valence-electron chi connectivity index (χ0n) is 13.9. The molecule has 1 fully saturated rings. The van der Waals surface area contributed by atoms with Crippen molar-refractivity contribution in [3.63, 3.8) is 0 Å². The minimum Gasteiger partial charge on any atom is -0.383 e. The van der Waals surface area contributed by atoms with E-state index >= 15 is 0 Å². The van der Waals surface area contributed by atoms with E-state index in [-0.39, 0.29) is 0 Å². The first-order chi connectivity index (χ1) is 10.2. The first-order valence-corrected chi connectivity index (χ1v) is 8.21. The second kappa shape index (κ2) is 7.80. The third-order valence-electron chi connectivity index (χ3n) is 4.73. The van der Waals surface area contributed by atoms with Gasteiger partial charge in [-0.3, -0.25) is 4.68 Å². The molecule has 2 heterocycles. The normalized spacial score (nSPS) is 24.3. The summed E-state index contributed by atoms with van der Waals surface area (Å²) in [5.41, 5.74) is 1.24. The van der Waals surface area contributed by atoms with E-state index in [2.05, 4.69) is 42.3 Å². The summed E-state index contributed by atoms with van der Waals surface area (Å²) in [6.45, 7) is 10.5. The van der Waals surface area contributed by atoms with Gasteiger partial charge in [-0.15, -0.1) is 0 Å².